The van der Waals surface area contributed by atoms with Crippen LogP contribution in [0.2, 0.25) is 0 Å². The molecule has 0 unspecified atom stereocenters. The van der Waals surface area contributed by atoms with Gasteiger partial charge in [-0.25, -0.2) is 0 Å². The van der Waals surface area contributed by atoms with E-state index in [2.05, 4.69) is 12.2 Å². The summed E-state index contributed by atoms with van der Waals surface area (Å²) in [7, 11) is 0. The quantitative estimate of drug-likeness (QED) is 0.435. The first kappa shape index (κ1) is 20.9. The van der Waals surface area contributed by atoms with Gasteiger partial charge in [0.1, 0.15) is 12.4 Å². The Morgan fingerprint density at radius 1 is 0.708 bits per heavy atom. The minimum absolute atomic E-state index is 0.573. The first-order chi connectivity index (χ1) is 11.9. The molecule has 0 bridgehead atoms. The Hall–Kier alpha value is -1.10. The molecule has 0 aliphatic rings. The molecule has 0 aromatic heterocycles. The van der Waals surface area contributed by atoms with Gasteiger partial charge in [-0.05, 0) is 25.1 Å². The van der Waals surface area contributed by atoms with Crippen molar-refractivity contribution in [1.29, 1.82) is 0 Å². The van der Waals surface area contributed by atoms with Crippen molar-refractivity contribution in [3.8, 4) is 5.75 Å². The monoisotopic (exact) mass is 337 g/mol. The van der Waals surface area contributed by atoms with Gasteiger partial charge in [0.15, 0.2) is 0 Å². The summed E-state index contributed by atoms with van der Waals surface area (Å²) in [6.45, 7) is 7.46. The standard InChI is InChI=1S/C20H35NO3/c1-2-3-4-5-6-10-13-21-14-15-22-16-17-23-18-19-24-20-11-8-7-9-12-20/h7-9,11-12,21H,2-6,10,13-19H2,1H3. The maximum absolute atomic E-state index is 5.54. The van der Waals surface area contributed by atoms with Crippen LogP contribution in [0, 0.1) is 0 Å². The van der Waals surface area contributed by atoms with E-state index in [1.807, 2.05) is 30.3 Å². The smallest absolute Gasteiger partial charge is 0.119 e. The van der Waals surface area contributed by atoms with Gasteiger partial charge >= 0.3 is 0 Å². The molecule has 0 heterocycles. The summed E-state index contributed by atoms with van der Waals surface area (Å²) in [4.78, 5) is 0. The molecule has 0 atom stereocenters. The van der Waals surface area contributed by atoms with Crippen molar-refractivity contribution in [2.75, 3.05) is 46.1 Å². The predicted octanol–water partition coefficient (Wildman–Crippen LogP) is 4.05. The van der Waals surface area contributed by atoms with Crippen LogP contribution >= 0.6 is 0 Å². The molecule has 0 amide bonds. The molecule has 0 aliphatic carbocycles. The molecule has 1 rings (SSSR count). The van der Waals surface area contributed by atoms with E-state index in [0.717, 1.165) is 25.4 Å². The second-order valence-electron chi connectivity index (χ2n) is 5.90. The van der Waals surface area contributed by atoms with Crippen molar-refractivity contribution in [3.63, 3.8) is 0 Å². The number of hydrogen-bond acceptors (Lipinski definition) is 4. The van der Waals surface area contributed by atoms with Gasteiger partial charge in [0.05, 0.1) is 26.4 Å². The van der Waals surface area contributed by atoms with Gasteiger partial charge in [0.25, 0.3) is 0 Å². The molecule has 1 aromatic carbocycles. The van der Waals surface area contributed by atoms with Crippen LogP contribution in [-0.2, 0) is 9.47 Å². The molecule has 0 saturated heterocycles. The van der Waals surface area contributed by atoms with Crippen molar-refractivity contribution in [2.45, 2.75) is 45.4 Å². The lowest BCUT2D eigenvalue weighted by atomic mass is 10.1. The first-order valence-corrected chi connectivity index (χ1v) is 9.47. The lowest BCUT2D eigenvalue weighted by Gasteiger charge is -2.08. The van der Waals surface area contributed by atoms with Crippen LogP contribution in [-0.4, -0.2) is 46.1 Å². The predicted molar refractivity (Wildman–Crippen MR) is 99.8 cm³/mol. The molecule has 1 N–H and O–H groups in total. The van der Waals surface area contributed by atoms with Crippen LogP contribution < -0.4 is 10.1 Å². The Balaban J connectivity index is 1.70. The summed E-state index contributed by atoms with van der Waals surface area (Å²) in [5, 5.41) is 3.42. The highest BCUT2D eigenvalue weighted by molar-refractivity contribution is 5.20. The fourth-order valence-electron chi connectivity index (χ4n) is 2.36. The molecule has 0 spiro atoms. The summed E-state index contributed by atoms with van der Waals surface area (Å²) in [6.07, 6.45) is 8.06. The van der Waals surface area contributed by atoms with Crippen LogP contribution in [0.15, 0.2) is 30.3 Å². The molecule has 4 heteroatoms. The van der Waals surface area contributed by atoms with Crippen molar-refractivity contribution < 1.29 is 14.2 Å². The average Bonchev–Trinajstić information content (AvgIpc) is 2.62. The largest absolute Gasteiger partial charge is 0.491 e. The highest BCUT2D eigenvalue weighted by Crippen LogP contribution is 2.07. The molecular weight excluding hydrogens is 302 g/mol. The molecule has 0 aliphatic heterocycles. The second kappa shape index (κ2) is 16.7. The number of nitrogens with one attached hydrogen (secondary N) is 1. The maximum Gasteiger partial charge on any atom is 0.119 e. The molecule has 24 heavy (non-hydrogen) atoms. The van der Waals surface area contributed by atoms with Crippen molar-refractivity contribution in [3.05, 3.63) is 30.3 Å². The van der Waals surface area contributed by atoms with Crippen LogP contribution in [0.5, 0.6) is 5.75 Å². The zero-order chi connectivity index (χ0) is 17.1. The molecule has 0 fully saturated rings. The number of benzene rings is 1. The number of para-hydroxylation sites is 1. The third-order valence-corrected chi connectivity index (χ3v) is 3.74. The summed E-state index contributed by atoms with van der Waals surface area (Å²) < 4.78 is 16.6. The molecule has 4 nitrogen and oxygen atoms in total. The van der Waals surface area contributed by atoms with Crippen LogP contribution in [0.3, 0.4) is 0 Å². The lowest BCUT2D eigenvalue weighted by molar-refractivity contribution is 0.0373. The summed E-state index contributed by atoms with van der Waals surface area (Å²) in [5.74, 6) is 0.883. The van der Waals surface area contributed by atoms with E-state index in [1.54, 1.807) is 0 Å². The molecule has 0 radical (unpaired) electrons. The Labute approximate surface area is 147 Å². The van der Waals surface area contributed by atoms with Crippen LogP contribution in [0.25, 0.3) is 0 Å². The Morgan fingerprint density at radius 3 is 2.17 bits per heavy atom. The molecule has 0 saturated carbocycles. The lowest BCUT2D eigenvalue weighted by Crippen LogP contribution is -2.22. The van der Waals surface area contributed by atoms with E-state index in [9.17, 15) is 0 Å². The van der Waals surface area contributed by atoms with Crippen molar-refractivity contribution in [2.24, 2.45) is 0 Å². The minimum Gasteiger partial charge on any atom is -0.491 e. The highest BCUT2D eigenvalue weighted by Gasteiger charge is 1.94. The van der Waals surface area contributed by atoms with Gasteiger partial charge in [-0.2, -0.15) is 0 Å². The van der Waals surface area contributed by atoms with E-state index >= 15 is 0 Å². The number of unbranched alkanes of at least 4 members (excludes halogenated alkanes) is 5. The van der Waals surface area contributed by atoms with E-state index in [-0.39, 0.29) is 0 Å². The zero-order valence-corrected chi connectivity index (χ0v) is 15.3. The maximum atomic E-state index is 5.54. The first-order valence-electron chi connectivity index (χ1n) is 9.47. The zero-order valence-electron chi connectivity index (χ0n) is 15.3. The third-order valence-electron chi connectivity index (χ3n) is 3.74. The number of ether oxygens (including phenoxy) is 3. The molecule has 1 aromatic rings. The van der Waals surface area contributed by atoms with Gasteiger partial charge in [0.2, 0.25) is 0 Å². The third kappa shape index (κ3) is 13.3. The topological polar surface area (TPSA) is 39.7 Å². The highest BCUT2D eigenvalue weighted by atomic mass is 16.5. The van der Waals surface area contributed by atoms with Crippen LogP contribution in [0.1, 0.15) is 45.4 Å². The van der Waals surface area contributed by atoms with E-state index in [0.29, 0.717) is 26.4 Å². The fraction of sp³-hybridized carbons (Fsp3) is 0.700. The van der Waals surface area contributed by atoms with E-state index < -0.39 is 0 Å². The molecule has 138 valence electrons. The Morgan fingerprint density at radius 2 is 1.38 bits per heavy atom. The summed E-state index contributed by atoms with van der Waals surface area (Å²) in [6, 6.07) is 9.79. The normalized spacial score (nSPS) is 10.9. The van der Waals surface area contributed by atoms with Crippen molar-refractivity contribution >= 4 is 0 Å². The Kier molecular flexibility index (Phi) is 14.6. The fourth-order valence-corrected chi connectivity index (χ4v) is 2.36. The average molecular weight is 338 g/mol. The van der Waals surface area contributed by atoms with E-state index in [4.69, 9.17) is 14.2 Å². The van der Waals surface area contributed by atoms with Crippen LogP contribution in [0.4, 0.5) is 0 Å². The Bertz CT molecular complexity index is 359. The van der Waals surface area contributed by atoms with Crippen molar-refractivity contribution in [1.82, 2.24) is 5.32 Å². The van der Waals surface area contributed by atoms with Gasteiger partial charge in [-0.1, -0.05) is 57.2 Å². The van der Waals surface area contributed by atoms with Gasteiger partial charge < -0.3 is 19.5 Å². The SMILES string of the molecule is CCCCCCCCNCCOCCOCCOc1ccccc1. The van der Waals surface area contributed by atoms with Gasteiger partial charge in [-0.15, -0.1) is 0 Å². The van der Waals surface area contributed by atoms with E-state index in [1.165, 1.54) is 38.5 Å². The summed E-state index contributed by atoms with van der Waals surface area (Å²) in [5.41, 5.74) is 0. The number of rotatable bonds is 17. The van der Waals surface area contributed by atoms with Gasteiger partial charge in [0, 0.05) is 6.54 Å². The number of hydrogen-bond donors (Lipinski definition) is 1. The minimum atomic E-state index is 0.573. The molecular formula is C20H35NO3. The van der Waals surface area contributed by atoms with Gasteiger partial charge in [-0.3, -0.25) is 0 Å². The second-order valence-corrected chi connectivity index (χ2v) is 5.90. The summed E-state index contributed by atoms with van der Waals surface area (Å²) >= 11 is 0.